The molecule has 0 saturated carbocycles. The van der Waals surface area contributed by atoms with Crippen LogP contribution in [0.1, 0.15) is 17.3 Å². The number of carbonyl (C=O) groups is 1. The van der Waals surface area contributed by atoms with Gasteiger partial charge in [-0.1, -0.05) is 30.0 Å². The van der Waals surface area contributed by atoms with E-state index in [1.165, 1.54) is 11.8 Å². The van der Waals surface area contributed by atoms with Crippen molar-refractivity contribution in [2.75, 3.05) is 6.61 Å². The van der Waals surface area contributed by atoms with Crippen molar-refractivity contribution in [3.63, 3.8) is 0 Å². The predicted molar refractivity (Wildman–Crippen MR) is 78.8 cm³/mol. The van der Waals surface area contributed by atoms with Crippen molar-refractivity contribution < 1.29 is 9.90 Å². The first-order valence-electron chi connectivity index (χ1n) is 6.30. The number of aromatic nitrogens is 1. The van der Waals surface area contributed by atoms with Crippen LogP contribution in [0.4, 0.5) is 0 Å². The lowest BCUT2D eigenvalue weighted by Gasteiger charge is -2.12. The fourth-order valence-corrected chi connectivity index (χ4v) is 2.49. The fraction of sp³-hybridized carbons (Fsp3) is 0.200. The first kappa shape index (κ1) is 14.6. The molecule has 1 atom stereocenters. The number of amides is 1. The molecule has 1 unspecified atom stereocenters. The fourth-order valence-electron chi connectivity index (χ4n) is 1.59. The molecule has 1 amide bonds. The molecule has 1 aromatic carbocycles. The third-order valence-electron chi connectivity index (χ3n) is 2.62. The van der Waals surface area contributed by atoms with Crippen molar-refractivity contribution in [2.45, 2.75) is 22.9 Å². The summed E-state index contributed by atoms with van der Waals surface area (Å²) in [4.78, 5) is 17.4. The summed E-state index contributed by atoms with van der Waals surface area (Å²) in [6, 6.07) is 13.0. The van der Waals surface area contributed by atoms with Crippen molar-refractivity contribution in [3.8, 4) is 0 Å². The zero-order valence-corrected chi connectivity index (χ0v) is 11.9. The van der Waals surface area contributed by atoms with Gasteiger partial charge in [-0.2, -0.15) is 0 Å². The Morgan fingerprint density at radius 2 is 2.05 bits per heavy atom. The Morgan fingerprint density at radius 3 is 2.75 bits per heavy atom. The number of pyridine rings is 1. The number of hydrogen-bond acceptors (Lipinski definition) is 4. The molecule has 0 aliphatic heterocycles. The molecule has 0 radical (unpaired) electrons. The summed E-state index contributed by atoms with van der Waals surface area (Å²) in [6.07, 6.45) is 1.66. The van der Waals surface area contributed by atoms with Crippen LogP contribution < -0.4 is 5.32 Å². The number of aliphatic hydroxyl groups is 1. The molecule has 2 aromatic rings. The maximum Gasteiger partial charge on any atom is 0.254 e. The lowest BCUT2D eigenvalue weighted by molar-refractivity contribution is 0.0918. The average molecular weight is 288 g/mol. The quantitative estimate of drug-likeness (QED) is 0.886. The Hall–Kier alpha value is -1.85. The highest BCUT2D eigenvalue weighted by Gasteiger charge is 2.14. The van der Waals surface area contributed by atoms with Crippen LogP contribution >= 0.6 is 11.8 Å². The van der Waals surface area contributed by atoms with Crippen molar-refractivity contribution in [2.24, 2.45) is 0 Å². The SMILES string of the molecule is CC(CO)NC(=O)c1cccnc1Sc1ccccc1. The Balaban J connectivity index is 2.20. The Bertz CT molecular complexity index is 575. The van der Waals surface area contributed by atoms with E-state index < -0.39 is 0 Å². The van der Waals surface area contributed by atoms with E-state index in [0.717, 1.165) is 4.90 Å². The summed E-state index contributed by atoms with van der Waals surface area (Å²) in [5, 5.41) is 12.4. The number of hydrogen-bond donors (Lipinski definition) is 2. The first-order chi connectivity index (χ1) is 9.70. The molecule has 1 aromatic heterocycles. The van der Waals surface area contributed by atoms with Gasteiger partial charge in [-0.05, 0) is 31.2 Å². The molecule has 0 fully saturated rings. The minimum absolute atomic E-state index is 0.0901. The third-order valence-corrected chi connectivity index (χ3v) is 3.65. The standard InChI is InChI=1S/C15H16N2O2S/c1-11(10-18)17-14(19)13-8-5-9-16-15(13)20-12-6-3-2-4-7-12/h2-9,11,18H,10H2,1H3,(H,17,19). The number of aliphatic hydroxyl groups excluding tert-OH is 1. The van der Waals surface area contributed by atoms with Crippen LogP contribution in [0.25, 0.3) is 0 Å². The van der Waals surface area contributed by atoms with Crippen LogP contribution in [0.2, 0.25) is 0 Å². The Kier molecular flexibility index (Phi) is 5.15. The minimum atomic E-state index is -0.280. The van der Waals surface area contributed by atoms with Crippen LogP contribution in [0, 0.1) is 0 Å². The molecular formula is C15H16N2O2S. The van der Waals surface area contributed by atoms with Crippen LogP contribution in [-0.4, -0.2) is 28.6 Å². The van der Waals surface area contributed by atoms with Crippen LogP contribution in [0.15, 0.2) is 58.6 Å². The van der Waals surface area contributed by atoms with E-state index in [1.807, 2.05) is 30.3 Å². The number of benzene rings is 1. The second kappa shape index (κ2) is 7.07. The van der Waals surface area contributed by atoms with Crippen molar-refractivity contribution in [1.29, 1.82) is 0 Å². The molecule has 5 heteroatoms. The summed E-state index contributed by atoms with van der Waals surface area (Å²) in [5.74, 6) is -0.224. The summed E-state index contributed by atoms with van der Waals surface area (Å²) in [6.45, 7) is 1.66. The van der Waals surface area contributed by atoms with Gasteiger partial charge in [0.05, 0.1) is 12.2 Å². The molecule has 104 valence electrons. The molecule has 2 N–H and O–H groups in total. The number of rotatable bonds is 5. The van der Waals surface area contributed by atoms with Gasteiger partial charge in [-0.25, -0.2) is 4.98 Å². The van der Waals surface area contributed by atoms with Gasteiger partial charge in [0.2, 0.25) is 0 Å². The van der Waals surface area contributed by atoms with E-state index in [9.17, 15) is 4.79 Å². The normalized spacial score (nSPS) is 11.9. The zero-order valence-electron chi connectivity index (χ0n) is 11.1. The Morgan fingerprint density at radius 1 is 1.30 bits per heavy atom. The highest BCUT2D eigenvalue weighted by atomic mass is 32.2. The van der Waals surface area contributed by atoms with Gasteiger partial charge in [-0.3, -0.25) is 4.79 Å². The lowest BCUT2D eigenvalue weighted by atomic mass is 10.2. The monoisotopic (exact) mass is 288 g/mol. The molecule has 1 heterocycles. The smallest absolute Gasteiger partial charge is 0.254 e. The van der Waals surface area contributed by atoms with Gasteiger partial charge in [0.15, 0.2) is 0 Å². The minimum Gasteiger partial charge on any atom is -0.394 e. The third kappa shape index (κ3) is 3.82. The zero-order chi connectivity index (χ0) is 14.4. The van der Waals surface area contributed by atoms with Gasteiger partial charge in [0.1, 0.15) is 5.03 Å². The highest BCUT2D eigenvalue weighted by Crippen LogP contribution is 2.28. The number of nitrogens with one attached hydrogen (secondary N) is 1. The predicted octanol–water partition coefficient (Wildman–Crippen LogP) is 2.34. The van der Waals surface area contributed by atoms with Gasteiger partial charge in [-0.15, -0.1) is 0 Å². The summed E-state index contributed by atoms with van der Waals surface area (Å²) >= 11 is 1.44. The van der Waals surface area contributed by atoms with E-state index in [4.69, 9.17) is 5.11 Å². The summed E-state index contributed by atoms with van der Waals surface area (Å²) in [7, 11) is 0. The molecule has 20 heavy (non-hydrogen) atoms. The van der Waals surface area contributed by atoms with Crippen LogP contribution in [-0.2, 0) is 0 Å². The molecule has 0 saturated heterocycles. The molecule has 0 aliphatic rings. The molecular weight excluding hydrogens is 272 g/mol. The summed E-state index contributed by atoms with van der Waals surface area (Å²) < 4.78 is 0. The van der Waals surface area contributed by atoms with Crippen LogP contribution in [0.3, 0.4) is 0 Å². The van der Waals surface area contributed by atoms with Crippen molar-refractivity contribution >= 4 is 17.7 Å². The highest BCUT2D eigenvalue weighted by molar-refractivity contribution is 7.99. The number of carbonyl (C=O) groups excluding carboxylic acids is 1. The van der Waals surface area contributed by atoms with E-state index in [-0.39, 0.29) is 18.6 Å². The van der Waals surface area contributed by atoms with E-state index in [1.54, 1.807) is 25.3 Å². The molecule has 0 spiro atoms. The average Bonchev–Trinajstić information content (AvgIpc) is 2.48. The topological polar surface area (TPSA) is 62.2 Å². The lowest BCUT2D eigenvalue weighted by Crippen LogP contribution is -2.35. The number of nitrogens with zero attached hydrogens (tertiary/aromatic N) is 1. The van der Waals surface area contributed by atoms with Crippen molar-refractivity contribution in [3.05, 3.63) is 54.2 Å². The van der Waals surface area contributed by atoms with Gasteiger partial charge >= 0.3 is 0 Å². The maximum atomic E-state index is 12.1. The van der Waals surface area contributed by atoms with Gasteiger partial charge < -0.3 is 10.4 Å². The largest absolute Gasteiger partial charge is 0.394 e. The molecule has 4 nitrogen and oxygen atoms in total. The summed E-state index contributed by atoms with van der Waals surface area (Å²) in [5.41, 5.74) is 0.515. The van der Waals surface area contributed by atoms with Crippen molar-refractivity contribution in [1.82, 2.24) is 10.3 Å². The van der Waals surface area contributed by atoms with Gasteiger partial charge in [0.25, 0.3) is 5.91 Å². The van der Waals surface area contributed by atoms with E-state index >= 15 is 0 Å². The van der Waals surface area contributed by atoms with Gasteiger partial charge in [0, 0.05) is 17.1 Å². The Labute approximate surface area is 122 Å². The first-order valence-corrected chi connectivity index (χ1v) is 7.12. The van der Waals surface area contributed by atoms with E-state index in [0.29, 0.717) is 10.6 Å². The second-order valence-corrected chi connectivity index (χ2v) is 5.39. The molecule has 0 aliphatic carbocycles. The molecule has 2 rings (SSSR count). The second-order valence-electron chi connectivity index (χ2n) is 4.33. The van der Waals surface area contributed by atoms with E-state index in [2.05, 4.69) is 10.3 Å². The molecule has 0 bridgehead atoms. The maximum absolute atomic E-state index is 12.1. The van der Waals surface area contributed by atoms with Crippen LogP contribution in [0.5, 0.6) is 0 Å².